The van der Waals surface area contributed by atoms with Crippen LogP contribution < -0.4 is 0 Å². The molecule has 7 aromatic rings. The fraction of sp³-hybridized carbons (Fsp3) is 0.259. The molecule has 296 valence electrons. The standard InChI is InChI=1S/C29H30S.C15H16S.C10H16S/c1-19-14-15-24-26(16-19)29(2,3)27-18-25(22-12-7-8-13-23(22)28(24)27)20-10-9-11-21(17-20)30(4,5)6;1-5-12-13-9-11(10(3)4)7-8-15(13)16-14(12)6-2;1-9-5-7-10(8-6-9)11(2,3)4/h7-18H,1-6H3;5-10H,1-2H2,3-4H3;5-8H,1-4H3. The summed E-state index contributed by atoms with van der Waals surface area (Å²) in [5, 5.41) is 4.02. The lowest BCUT2D eigenvalue weighted by Crippen LogP contribution is -2.15. The Hall–Kier alpha value is -4.28. The van der Waals surface area contributed by atoms with Crippen molar-refractivity contribution < 1.29 is 0 Å². The minimum atomic E-state index is -0.769. The van der Waals surface area contributed by atoms with Crippen LogP contribution >= 0.6 is 31.4 Å². The van der Waals surface area contributed by atoms with E-state index in [1.54, 1.807) is 11.3 Å². The Morgan fingerprint density at radius 1 is 0.579 bits per heavy atom. The number of aryl methyl sites for hydroxylation is 2. The normalized spacial score (nSPS) is 13.6. The summed E-state index contributed by atoms with van der Waals surface area (Å²) in [7, 11) is -1.29. The maximum absolute atomic E-state index is 3.90. The molecular formula is C54H62S3. The molecule has 1 aliphatic rings. The molecule has 0 unspecified atom stereocenters. The lowest BCUT2D eigenvalue weighted by Gasteiger charge is -2.27. The minimum Gasteiger partial charge on any atom is -0.223 e. The summed E-state index contributed by atoms with van der Waals surface area (Å²) < 4.78 is 1.31. The highest BCUT2D eigenvalue weighted by atomic mass is 32.3. The van der Waals surface area contributed by atoms with Crippen molar-refractivity contribution in [3.63, 3.8) is 0 Å². The number of hydrogen-bond acceptors (Lipinski definition) is 1. The molecule has 8 rings (SSSR count). The third kappa shape index (κ3) is 8.77. The van der Waals surface area contributed by atoms with Crippen molar-refractivity contribution in [2.45, 2.75) is 62.7 Å². The SMILES string of the molecule is C=Cc1sc2ccc(C(C)C)cc2c1C=C.Cc1ccc(S(C)(C)C)cc1.Cc1ccc2c(c1)C(C)(C)c1cc(-c3cccc(S(C)(C)C)c3)c3ccccc3c1-2. The molecule has 1 heterocycles. The van der Waals surface area contributed by atoms with Gasteiger partial charge in [-0.25, -0.2) is 20.1 Å². The molecule has 0 spiro atoms. The average Bonchev–Trinajstić information content (AvgIpc) is 3.65. The van der Waals surface area contributed by atoms with Gasteiger partial charge in [0.15, 0.2) is 0 Å². The van der Waals surface area contributed by atoms with Crippen LogP contribution in [-0.2, 0) is 5.41 Å². The molecule has 57 heavy (non-hydrogen) atoms. The Morgan fingerprint density at radius 3 is 1.84 bits per heavy atom. The molecule has 0 fully saturated rings. The van der Waals surface area contributed by atoms with Crippen molar-refractivity contribution in [1.29, 1.82) is 0 Å². The van der Waals surface area contributed by atoms with E-state index in [-0.39, 0.29) is 5.41 Å². The Labute approximate surface area is 351 Å². The van der Waals surface area contributed by atoms with Crippen molar-refractivity contribution in [3.8, 4) is 22.3 Å². The average molecular weight is 807 g/mol. The molecule has 0 bridgehead atoms. The van der Waals surface area contributed by atoms with Gasteiger partial charge in [-0.05, 0) is 159 Å². The van der Waals surface area contributed by atoms with Gasteiger partial charge in [-0.1, -0.05) is 143 Å². The summed E-state index contributed by atoms with van der Waals surface area (Å²) in [4.78, 5) is 4.16. The van der Waals surface area contributed by atoms with Crippen molar-refractivity contribution in [2.75, 3.05) is 37.5 Å². The predicted octanol–water partition coefficient (Wildman–Crippen LogP) is 16.5. The number of thiophene rings is 1. The molecule has 0 saturated heterocycles. The predicted molar refractivity (Wildman–Crippen MR) is 266 cm³/mol. The van der Waals surface area contributed by atoms with Crippen LogP contribution in [-0.4, -0.2) is 37.5 Å². The second-order valence-electron chi connectivity index (χ2n) is 17.8. The molecule has 0 amide bonds. The van der Waals surface area contributed by atoms with E-state index in [2.05, 4.69) is 207 Å². The molecule has 0 radical (unpaired) electrons. The fourth-order valence-corrected chi connectivity index (χ4v) is 10.8. The van der Waals surface area contributed by atoms with Crippen LogP contribution in [0.4, 0.5) is 0 Å². The second kappa shape index (κ2) is 16.5. The molecule has 0 saturated carbocycles. The van der Waals surface area contributed by atoms with Crippen LogP contribution in [0.25, 0.3) is 55.3 Å². The largest absolute Gasteiger partial charge is 0.223 e. The van der Waals surface area contributed by atoms with Gasteiger partial charge in [-0.2, -0.15) is 0 Å². The van der Waals surface area contributed by atoms with E-state index in [0.717, 1.165) is 0 Å². The summed E-state index contributed by atoms with van der Waals surface area (Å²) in [6.45, 7) is 21.3. The summed E-state index contributed by atoms with van der Waals surface area (Å²) in [5.74, 6) is 0.564. The van der Waals surface area contributed by atoms with E-state index in [4.69, 9.17) is 0 Å². The Balaban J connectivity index is 0.000000169. The first-order valence-corrected chi connectivity index (χ1v) is 26.4. The van der Waals surface area contributed by atoms with Crippen molar-refractivity contribution in [2.24, 2.45) is 0 Å². The highest BCUT2D eigenvalue weighted by Crippen LogP contribution is 2.54. The molecule has 0 atom stereocenters. The number of fused-ring (bicyclic) bond motifs is 6. The summed E-state index contributed by atoms with van der Waals surface area (Å²) in [6, 6.07) is 43.2. The number of hydrogen-bond donors (Lipinski definition) is 0. The van der Waals surface area contributed by atoms with Gasteiger partial charge in [0, 0.05) is 20.4 Å². The molecule has 0 aliphatic heterocycles. The second-order valence-corrected chi connectivity index (χ2v) is 27.2. The van der Waals surface area contributed by atoms with E-state index in [1.165, 1.54) is 91.2 Å². The van der Waals surface area contributed by atoms with Crippen LogP contribution in [0.5, 0.6) is 0 Å². The minimum absolute atomic E-state index is 0.00234. The first-order chi connectivity index (χ1) is 26.8. The zero-order chi connectivity index (χ0) is 41.4. The Bertz CT molecular complexity index is 2580. The molecule has 0 N–H and O–H groups in total. The Kier molecular flexibility index (Phi) is 12.3. The van der Waals surface area contributed by atoms with Crippen LogP contribution in [0.3, 0.4) is 0 Å². The highest BCUT2D eigenvalue weighted by molar-refractivity contribution is 8.32. The zero-order valence-electron chi connectivity index (χ0n) is 36.3. The molecular weight excluding hydrogens is 745 g/mol. The first kappa shape index (κ1) is 42.3. The molecule has 1 aliphatic carbocycles. The van der Waals surface area contributed by atoms with Gasteiger partial charge in [0.2, 0.25) is 0 Å². The maximum atomic E-state index is 3.90. The van der Waals surface area contributed by atoms with Gasteiger partial charge in [-0.3, -0.25) is 0 Å². The van der Waals surface area contributed by atoms with Gasteiger partial charge in [-0.15, -0.1) is 11.3 Å². The molecule has 3 heteroatoms. The summed E-state index contributed by atoms with van der Waals surface area (Å²) in [6.07, 6.45) is 17.9. The van der Waals surface area contributed by atoms with Crippen LogP contribution in [0.15, 0.2) is 138 Å². The maximum Gasteiger partial charge on any atom is 0.0355 e. The van der Waals surface area contributed by atoms with Crippen LogP contribution in [0, 0.1) is 13.8 Å². The molecule has 6 aromatic carbocycles. The number of rotatable bonds is 6. The van der Waals surface area contributed by atoms with E-state index >= 15 is 0 Å². The van der Waals surface area contributed by atoms with Gasteiger partial charge < -0.3 is 0 Å². The topological polar surface area (TPSA) is 0 Å². The van der Waals surface area contributed by atoms with Gasteiger partial charge in [0.1, 0.15) is 0 Å². The third-order valence-corrected chi connectivity index (χ3v) is 15.8. The summed E-state index contributed by atoms with van der Waals surface area (Å²) >= 11 is 1.78. The summed E-state index contributed by atoms with van der Waals surface area (Å²) in [5.41, 5.74) is 13.7. The smallest absolute Gasteiger partial charge is 0.0355 e. The number of benzene rings is 6. The fourth-order valence-electron chi connectivity index (χ4n) is 7.80. The van der Waals surface area contributed by atoms with Gasteiger partial charge in [0.05, 0.1) is 0 Å². The van der Waals surface area contributed by atoms with E-state index in [1.807, 2.05) is 12.2 Å². The van der Waals surface area contributed by atoms with E-state index in [0.29, 0.717) is 5.92 Å². The van der Waals surface area contributed by atoms with E-state index in [9.17, 15) is 0 Å². The lowest BCUT2D eigenvalue weighted by molar-refractivity contribution is 0.660. The van der Waals surface area contributed by atoms with Crippen LogP contribution in [0.2, 0.25) is 0 Å². The van der Waals surface area contributed by atoms with Gasteiger partial charge in [0.25, 0.3) is 0 Å². The molecule has 0 nitrogen and oxygen atoms in total. The van der Waals surface area contributed by atoms with Crippen LogP contribution in [0.1, 0.15) is 71.9 Å². The first-order valence-electron chi connectivity index (χ1n) is 19.9. The highest BCUT2D eigenvalue weighted by Gasteiger charge is 2.37. The molecule has 1 aromatic heterocycles. The Morgan fingerprint density at radius 2 is 1.23 bits per heavy atom. The lowest BCUT2D eigenvalue weighted by atomic mass is 9.80. The monoisotopic (exact) mass is 806 g/mol. The third-order valence-electron chi connectivity index (χ3n) is 11.3. The zero-order valence-corrected chi connectivity index (χ0v) is 38.8. The van der Waals surface area contributed by atoms with E-state index < -0.39 is 20.1 Å². The quantitative estimate of drug-likeness (QED) is 0.157. The van der Waals surface area contributed by atoms with Crippen molar-refractivity contribution in [3.05, 3.63) is 167 Å². The van der Waals surface area contributed by atoms with Crippen molar-refractivity contribution >= 4 is 64.4 Å². The van der Waals surface area contributed by atoms with Gasteiger partial charge >= 0.3 is 0 Å². The van der Waals surface area contributed by atoms with Crippen molar-refractivity contribution in [1.82, 2.24) is 0 Å².